The zero-order valence-electron chi connectivity index (χ0n) is 12.6. The highest BCUT2D eigenvalue weighted by molar-refractivity contribution is 9.11. The first-order chi connectivity index (χ1) is 10.6. The van der Waals surface area contributed by atoms with Gasteiger partial charge in [0, 0.05) is 5.69 Å². The number of carbonyl (C=O) groups is 1. The molecule has 0 saturated heterocycles. The zero-order valence-corrected chi connectivity index (χ0v) is 15.0. The highest BCUT2D eigenvalue weighted by atomic mass is 79.9. The zero-order chi connectivity index (χ0) is 15.9. The highest BCUT2D eigenvalue weighted by Crippen LogP contribution is 2.21. The van der Waals surface area contributed by atoms with Crippen LogP contribution in [0.5, 0.6) is 0 Å². The maximum absolute atomic E-state index is 12.2. The number of rotatable bonds is 7. The number of halogens is 1. The molecule has 2 aromatic rings. The number of quaternary nitrogens is 1. The van der Waals surface area contributed by atoms with E-state index in [1.54, 1.807) is 11.3 Å². The fraction of sp³-hybridized carbons (Fsp3) is 0.235. The minimum Gasteiger partial charge on any atom is -0.321 e. The lowest BCUT2D eigenvalue weighted by Gasteiger charge is -2.16. The van der Waals surface area contributed by atoms with E-state index in [4.69, 9.17) is 0 Å². The summed E-state index contributed by atoms with van der Waals surface area (Å²) < 4.78 is 1.12. The van der Waals surface area contributed by atoms with Gasteiger partial charge < -0.3 is 10.2 Å². The molecule has 2 N–H and O–H groups in total. The molecular weight excluding hydrogens is 360 g/mol. The molecule has 1 amide bonds. The Morgan fingerprint density at radius 3 is 2.64 bits per heavy atom. The van der Waals surface area contributed by atoms with Crippen LogP contribution in [0.25, 0.3) is 0 Å². The number of aryl methyl sites for hydroxylation is 1. The van der Waals surface area contributed by atoms with Crippen LogP contribution in [0.15, 0.2) is 52.8 Å². The molecule has 0 aliphatic heterocycles. The first-order valence-electron chi connectivity index (χ1n) is 7.12. The Kier molecular flexibility index (Phi) is 6.36. The third-order valence-electron chi connectivity index (χ3n) is 3.23. The first kappa shape index (κ1) is 16.9. The van der Waals surface area contributed by atoms with E-state index in [0.717, 1.165) is 22.6 Å². The molecule has 0 radical (unpaired) electrons. The van der Waals surface area contributed by atoms with Gasteiger partial charge in [0.15, 0.2) is 6.54 Å². The Morgan fingerprint density at radius 1 is 1.32 bits per heavy atom. The molecular formula is C17H20BrN2OS+. The summed E-state index contributed by atoms with van der Waals surface area (Å²) in [7, 11) is 0. The molecule has 0 spiro atoms. The number of carbonyl (C=O) groups excluding carboxylic acids is 1. The van der Waals surface area contributed by atoms with Crippen molar-refractivity contribution in [1.82, 2.24) is 0 Å². The molecule has 22 heavy (non-hydrogen) atoms. The van der Waals surface area contributed by atoms with Crippen molar-refractivity contribution in [3.8, 4) is 0 Å². The van der Waals surface area contributed by atoms with Gasteiger partial charge in [0.05, 0.1) is 15.2 Å². The number of amides is 1. The van der Waals surface area contributed by atoms with Gasteiger partial charge in [-0.1, -0.05) is 24.3 Å². The summed E-state index contributed by atoms with van der Waals surface area (Å²) >= 11 is 5.18. The molecule has 0 saturated carbocycles. The van der Waals surface area contributed by atoms with Crippen molar-refractivity contribution < 1.29 is 9.69 Å². The van der Waals surface area contributed by atoms with Gasteiger partial charge in [-0.3, -0.25) is 4.79 Å². The SMILES string of the molecule is C=CC[NH+](CC(=O)Nc1ccc(C)cc1)Cc1ccc(Br)s1. The summed E-state index contributed by atoms with van der Waals surface area (Å²) in [5.41, 5.74) is 2.02. The summed E-state index contributed by atoms with van der Waals surface area (Å²) in [5, 5.41) is 2.95. The largest absolute Gasteiger partial charge is 0.321 e. The minimum absolute atomic E-state index is 0.0244. The van der Waals surface area contributed by atoms with E-state index in [9.17, 15) is 4.79 Å². The van der Waals surface area contributed by atoms with Crippen molar-refractivity contribution in [2.24, 2.45) is 0 Å². The maximum Gasteiger partial charge on any atom is 0.279 e. The number of thiophene rings is 1. The molecule has 1 heterocycles. The minimum atomic E-state index is 0.0244. The topological polar surface area (TPSA) is 33.5 Å². The lowest BCUT2D eigenvalue weighted by atomic mass is 10.2. The van der Waals surface area contributed by atoms with Crippen LogP contribution < -0.4 is 10.2 Å². The van der Waals surface area contributed by atoms with Gasteiger partial charge >= 0.3 is 0 Å². The Hall–Kier alpha value is -1.43. The fourth-order valence-corrected chi connectivity index (χ4v) is 3.73. The molecule has 1 aromatic carbocycles. The maximum atomic E-state index is 12.2. The second-order valence-electron chi connectivity index (χ2n) is 5.22. The number of anilines is 1. The molecule has 1 unspecified atom stereocenters. The van der Waals surface area contributed by atoms with Crippen LogP contribution in [-0.2, 0) is 11.3 Å². The van der Waals surface area contributed by atoms with Gasteiger partial charge in [0.2, 0.25) is 0 Å². The van der Waals surface area contributed by atoms with Crippen molar-refractivity contribution in [3.63, 3.8) is 0 Å². The van der Waals surface area contributed by atoms with Crippen molar-refractivity contribution >= 4 is 38.9 Å². The van der Waals surface area contributed by atoms with Crippen molar-refractivity contribution in [3.05, 3.63) is 63.3 Å². The van der Waals surface area contributed by atoms with Crippen molar-refractivity contribution in [2.75, 3.05) is 18.4 Å². The summed E-state index contributed by atoms with van der Waals surface area (Å²) in [6.07, 6.45) is 1.86. The van der Waals surface area contributed by atoms with Crippen LogP contribution in [0.3, 0.4) is 0 Å². The fourth-order valence-electron chi connectivity index (χ4n) is 2.17. The van der Waals surface area contributed by atoms with Crippen LogP contribution in [0, 0.1) is 6.92 Å². The van der Waals surface area contributed by atoms with Gasteiger partial charge in [-0.05, 0) is 53.2 Å². The summed E-state index contributed by atoms with van der Waals surface area (Å²) in [6, 6.07) is 12.0. The quantitative estimate of drug-likeness (QED) is 0.712. The monoisotopic (exact) mass is 379 g/mol. The highest BCUT2D eigenvalue weighted by Gasteiger charge is 2.15. The molecule has 3 nitrogen and oxygen atoms in total. The third kappa shape index (κ3) is 5.40. The second-order valence-corrected chi connectivity index (χ2v) is 7.76. The lowest BCUT2D eigenvalue weighted by molar-refractivity contribution is -0.899. The predicted molar refractivity (Wildman–Crippen MR) is 96.4 cm³/mol. The molecule has 0 fully saturated rings. The van der Waals surface area contributed by atoms with Gasteiger partial charge in [0.1, 0.15) is 6.54 Å². The Bertz CT molecular complexity index is 636. The first-order valence-corrected chi connectivity index (χ1v) is 8.73. The normalized spacial score (nSPS) is 11.9. The number of hydrogen-bond acceptors (Lipinski definition) is 2. The molecule has 0 bridgehead atoms. The van der Waals surface area contributed by atoms with E-state index in [1.165, 1.54) is 15.3 Å². The van der Waals surface area contributed by atoms with E-state index < -0.39 is 0 Å². The molecule has 1 atom stereocenters. The molecule has 116 valence electrons. The Labute approximate surface area is 143 Å². The van der Waals surface area contributed by atoms with E-state index in [1.807, 2.05) is 43.3 Å². The lowest BCUT2D eigenvalue weighted by Crippen LogP contribution is -3.11. The number of benzene rings is 1. The van der Waals surface area contributed by atoms with Crippen molar-refractivity contribution in [2.45, 2.75) is 13.5 Å². The second kappa shape index (κ2) is 8.27. The molecule has 5 heteroatoms. The molecule has 2 rings (SSSR count). The third-order valence-corrected chi connectivity index (χ3v) is 4.86. The smallest absolute Gasteiger partial charge is 0.279 e. The predicted octanol–water partition coefficient (Wildman–Crippen LogP) is 3.03. The number of hydrogen-bond donors (Lipinski definition) is 2. The van der Waals surface area contributed by atoms with Crippen LogP contribution in [0.2, 0.25) is 0 Å². The van der Waals surface area contributed by atoms with E-state index >= 15 is 0 Å². The van der Waals surface area contributed by atoms with Crippen LogP contribution in [0.1, 0.15) is 10.4 Å². The van der Waals surface area contributed by atoms with Gasteiger partial charge in [-0.2, -0.15) is 0 Å². The Balaban J connectivity index is 1.93. The molecule has 1 aromatic heterocycles. The average Bonchev–Trinajstić information content (AvgIpc) is 2.87. The van der Waals surface area contributed by atoms with E-state index in [-0.39, 0.29) is 5.91 Å². The molecule has 0 aliphatic rings. The summed E-state index contributed by atoms with van der Waals surface area (Å²) in [6.45, 7) is 7.83. The van der Waals surface area contributed by atoms with Gasteiger partial charge in [-0.25, -0.2) is 0 Å². The van der Waals surface area contributed by atoms with E-state index in [2.05, 4.69) is 33.9 Å². The summed E-state index contributed by atoms with van der Waals surface area (Å²) in [5.74, 6) is 0.0244. The van der Waals surface area contributed by atoms with Gasteiger partial charge in [0.25, 0.3) is 5.91 Å². The number of nitrogens with one attached hydrogen (secondary N) is 2. The molecule has 0 aliphatic carbocycles. The van der Waals surface area contributed by atoms with Crippen LogP contribution in [0.4, 0.5) is 5.69 Å². The van der Waals surface area contributed by atoms with E-state index in [0.29, 0.717) is 6.54 Å². The van der Waals surface area contributed by atoms with Gasteiger partial charge in [-0.15, -0.1) is 11.3 Å². The van der Waals surface area contributed by atoms with Crippen LogP contribution >= 0.6 is 27.3 Å². The van der Waals surface area contributed by atoms with Crippen LogP contribution in [-0.4, -0.2) is 19.0 Å². The average molecular weight is 380 g/mol. The Morgan fingerprint density at radius 2 is 2.05 bits per heavy atom. The standard InChI is InChI=1S/C17H19BrN2OS/c1-3-10-20(11-15-8-9-16(18)22-15)12-17(21)19-14-6-4-13(2)5-7-14/h3-9H,1,10-12H2,2H3,(H,19,21)/p+1. The van der Waals surface area contributed by atoms with Crippen molar-refractivity contribution in [1.29, 1.82) is 0 Å². The summed E-state index contributed by atoms with van der Waals surface area (Å²) in [4.78, 5) is 14.6.